The molecule has 5 nitrogen and oxygen atoms in total. The Morgan fingerprint density at radius 3 is 2.57 bits per heavy atom. The normalized spacial score (nSPS) is 13.2. The van der Waals surface area contributed by atoms with E-state index in [0.29, 0.717) is 18.8 Å². The lowest BCUT2D eigenvalue weighted by Gasteiger charge is -2.28. The summed E-state index contributed by atoms with van der Waals surface area (Å²) >= 11 is 0. The highest BCUT2D eigenvalue weighted by atomic mass is 16.6. The molecule has 0 fully saturated rings. The van der Waals surface area contributed by atoms with Gasteiger partial charge in [0.05, 0.1) is 0 Å². The van der Waals surface area contributed by atoms with Gasteiger partial charge in [0.1, 0.15) is 5.75 Å². The Kier molecular flexibility index (Phi) is 6.34. The Bertz CT molecular complexity index is 859. The quantitative estimate of drug-likeness (QED) is 0.717. The molecular formula is C23H27NO4. The van der Waals surface area contributed by atoms with E-state index in [0.717, 1.165) is 23.1 Å². The SMILES string of the molecule is Cc1ccc(C(C)C)c(OCC(=O)OCC(=O)N2CCc3ccccc3C2)c1. The zero-order chi connectivity index (χ0) is 20.1. The van der Waals surface area contributed by atoms with E-state index in [4.69, 9.17) is 9.47 Å². The Morgan fingerprint density at radius 2 is 1.82 bits per heavy atom. The molecule has 0 radical (unpaired) electrons. The molecule has 2 aromatic rings. The lowest BCUT2D eigenvalue weighted by atomic mass is 10.00. The van der Waals surface area contributed by atoms with Crippen LogP contribution in [0.3, 0.4) is 0 Å². The van der Waals surface area contributed by atoms with Crippen LogP contribution in [0.1, 0.15) is 42.0 Å². The first-order valence-corrected chi connectivity index (χ1v) is 9.67. The number of fused-ring (bicyclic) bond motifs is 1. The molecule has 0 saturated heterocycles. The van der Waals surface area contributed by atoms with Crippen LogP contribution in [0.4, 0.5) is 0 Å². The van der Waals surface area contributed by atoms with Crippen LogP contribution in [-0.2, 0) is 27.3 Å². The highest BCUT2D eigenvalue weighted by molar-refractivity contribution is 5.81. The third-order valence-electron chi connectivity index (χ3n) is 4.98. The van der Waals surface area contributed by atoms with E-state index in [2.05, 4.69) is 19.9 Å². The molecule has 3 rings (SSSR count). The summed E-state index contributed by atoms with van der Waals surface area (Å²) in [5.41, 5.74) is 4.53. The Hall–Kier alpha value is -2.82. The van der Waals surface area contributed by atoms with E-state index >= 15 is 0 Å². The zero-order valence-corrected chi connectivity index (χ0v) is 16.7. The summed E-state index contributed by atoms with van der Waals surface area (Å²) in [6.07, 6.45) is 0.824. The molecule has 0 aliphatic carbocycles. The predicted octanol–water partition coefficient (Wildman–Crippen LogP) is 3.63. The Labute approximate surface area is 166 Å². The number of hydrogen-bond donors (Lipinski definition) is 0. The molecule has 1 amide bonds. The summed E-state index contributed by atoms with van der Waals surface area (Å²) in [6.45, 7) is 6.87. The number of hydrogen-bond acceptors (Lipinski definition) is 4. The van der Waals surface area contributed by atoms with E-state index in [1.807, 2.05) is 43.3 Å². The first-order valence-electron chi connectivity index (χ1n) is 9.67. The number of amides is 1. The van der Waals surface area contributed by atoms with Crippen LogP contribution >= 0.6 is 0 Å². The minimum Gasteiger partial charge on any atom is -0.482 e. The number of aryl methyl sites for hydroxylation is 1. The fraction of sp³-hybridized carbons (Fsp3) is 0.391. The summed E-state index contributed by atoms with van der Waals surface area (Å²) in [6, 6.07) is 14.1. The van der Waals surface area contributed by atoms with E-state index in [1.54, 1.807) is 4.90 Å². The molecule has 1 aliphatic heterocycles. The Morgan fingerprint density at radius 1 is 1.07 bits per heavy atom. The van der Waals surface area contributed by atoms with Crippen molar-refractivity contribution >= 4 is 11.9 Å². The van der Waals surface area contributed by atoms with Crippen molar-refractivity contribution in [3.8, 4) is 5.75 Å². The molecule has 5 heteroatoms. The number of esters is 1. The summed E-state index contributed by atoms with van der Waals surface area (Å²) in [5, 5.41) is 0. The van der Waals surface area contributed by atoms with Crippen LogP contribution in [-0.4, -0.2) is 36.5 Å². The van der Waals surface area contributed by atoms with Gasteiger partial charge in [0.15, 0.2) is 13.2 Å². The van der Waals surface area contributed by atoms with E-state index in [9.17, 15) is 9.59 Å². The summed E-state index contributed by atoms with van der Waals surface area (Å²) in [7, 11) is 0. The van der Waals surface area contributed by atoms with Gasteiger partial charge in [0.25, 0.3) is 5.91 Å². The number of carbonyl (C=O) groups excluding carboxylic acids is 2. The van der Waals surface area contributed by atoms with Gasteiger partial charge >= 0.3 is 5.97 Å². The molecule has 0 N–H and O–H groups in total. The fourth-order valence-electron chi connectivity index (χ4n) is 3.36. The predicted molar refractivity (Wildman–Crippen MR) is 107 cm³/mol. The average molecular weight is 381 g/mol. The van der Waals surface area contributed by atoms with Crippen LogP contribution in [0.15, 0.2) is 42.5 Å². The third-order valence-corrected chi connectivity index (χ3v) is 4.98. The standard InChI is InChI=1S/C23H27NO4/c1-16(2)20-9-8-17(3)12-21(20)27-15-23(26)28-14-22(25)24-11-10-18-6-4-5-7-19(18)13-24/h4-9,12,16H,10-11,13-15H2,1-3H3. The molecule has 0 atom stereocenters. The smallest absolute Gasteiger partial charge is 0.344 e. The van der Waals surface area contributed by atoms with Gasteiger partial charge in [-0.1, -0.05) is 50.2 Å². The molecule has 0 bridgehead atoms. The van der Waals surface area contributed by atoms with E-state index in [1.165, 1.54) is 5.56 Å². The summed E-state index contributed by atoms with van der Waals surface area (Å²) < 4.78 is 10.8. The number of nitrogens with zero attached hydrogens (tertiary/aromatic N) is 1. The van der Waals surface area contributed by atoms with Gasteiger partial charge in [0, 0.05) is 13.1 Å². The van der Waals surface area contributed by atoms with Crippen LogP contribution in [0.5, 0.6) is 5.75 Å². The van der Waals surface area contributed by atoms with Gasteiger partial charge in [-0.15, -0.1) is 0 Å². The van der Waals surface area contributed by atoms with Crippen molar-refractivity contribution in [2.24, 2.45) is 0 Å². The number of ether oxygens (including phenoxy) is 2. The van der Waals surface area contributed by atoms with E-state index < -0.39 is 5.97 Å². The van der Waals surface area contributed by atoms with Crippen LogP contribution in [0.25, 0.3) is 0 Å². The molecule has 1 aliphatic rings. The van der Waals surface area contributed by atoms with Crippen molar-refractivity contribution in [1.82, 2.24) is 4.90 Å². The van der Waals surface area contributed by atoms with Crippen LogP contribution in [0.2, 0.25) is 0 Å². The largest absolute Gasteiger partial charge is 0.482 e. The second-order valence-electron chi connectivity index (χ2n) is 7.48. The molecule has 0 spiro atoms. The van der Waals surface area contributed by atoms with E-state index in [-0.39, 0.29) is 25.0 Å². The minimum atomic E-state index is -0.540. The molecule has 1 heterocycles. The highest BCUT2D eigenvalue weighted by Gasteiger charge is 2.21. The molecule has 0 saturated carbocycles. The van der Waals surface area contributed by atoms with Crippen molar-refractivity contribution in [1.29, 1.82) is 0 Å². The van der Waals surface area contributed by atoms with Crippen molar-refractivity contribution in [2.45, 2.75) is 39.7 Å². The number of rotatable bonds is 6. The molecular weight excluding hydrogens is 354 g/mol. The third kappa shape index (κ3) is 4.91. The van der Waals surface area contributed by atoms with Crippen molar-refractivity contribution < 1.29 is 19.1 Å². The monoisotopic (exact) mass is 381 g/mol. The minimum absolute atomic E-state index is 0.179. The lowest BCUT2D eigenvalue weighted by molar-refractivity contribution is -0.154. The first kappa shape index (κ1) is 19.9. The first-order chi connectivity index (χ1) is 13.4. The molecule has 2 aromatic carbocycles. The maximum absolute atomic E-state index is 12.4. The lowest BCUT2D eigenvalue weighted by Crippen LogP contribution is -2.38. The second-order valence-corrected chi connectivity index (χ2v) is 7.48. The average Bonchev–Trinajstić information content (AvgIpc) is 2.69. The second kappa shape index (κ2) is 8.91. The van der Waals surface area contributed by atoms with Crippen molar-refractivity contribution in [2.75, 3.05) is 19.8 Å². The fourth-order valence-corrected chi connectivity index (χ4v) is 3.36. The zero-order valence-electron chi connectivity index (χ0n) is 16.7. The maximum Gasteiger partial charge on any atom is 0.344 e. The highest BCUT2D eigenvalue weighted by Crippen LogP contribution is 2.27. The molecule has 0 unspecified atom stereocenters. The molecule has 0 aromatic heterocycles. The van der Waals surface area contributed by atoms with Gasteiger partial charge in [0.2, 0.25) is 0 Å². The molecule has 148 valence electrons. The van der Waals surface area contributed by atoms with Crippen molar-refractivity contribution in [3.63, 3.8) is 0 Å². The van der Waals surface area contributed by atoms with Gasteiger partial charge in [-0.25, -0.2) is 4.79 Å². The Balaban J connectivity index is 1.49. The van der Waals surface area contributed by atoms with Gasteiger partial charge in [-0.2, -0.15) is 0 Å². The summed E-state index contributed by atoms with van der Waals surface area (Å²) in [4.78, 5) is 26.2. The summed E-state index contributed by atoms with van der Waals surface area (Å²) in [5.74, 6) is 0.254. The van der Waals surface area contributed by atoms with Gasteiger partial charge in [-0.05, 0) is 47.6 Å². The number of benzene rings is 2. The topological polar surface area (TPSA) is 55.8 Å². The van der Waals surface area contributed by atoms with Gasteiger partial charge < -0.3 is 14.4 Å². The van der Waals surface area contributed by atoms with Crippen molar-refractivity contribution in [3.05, 3.63) is 64.7 Å². The van der Waals surface area contributed by atoms with Crippen LogP contribution < -0.4 is 4.74 Å². The van der Waals surface area contributed by atoms with Crippen LogP contribution in [0, 0.1) is 6.92 Å². The van der Waals surface area contributed by atoms with Gasteiger partial charge in [-0.3, -0.25) is 4.79 Å². The molecule has 28 heavy (non-hydrogen) atoms. The maximum atomic E-state index is 12.4. The number of carbonyl (C=O) groups is 2.